The monoisotopic (exact) mass is 348 g/mol. The fraction of sp³-hybridized carbons (Fsp3) is 0.333. The summed E-state index contributed by atoms with van der Waals surface area (Å²) in [5.41, 5.74) is 2.93. The molecule has 0 unspecified atom stereocenters. The molecule has 1 aliphatic heterocycles. The fourth-order valence-electron chi connectivity index (χ4n) is 3.67. The summed E-state index contributed by atoms with van der Waals surface area (Å²) in [6, 6.07) is 14.1. The van der Waals surface area contributed by atoms with Gasteiger partial charge in [-0.25, -0.2) is 4.98 Å². The van der Waals surface area contributed by atoms with Crippen LogP contribution in [0, 0.1) is 0 Å². The van der Waals surface area contributed by atoms with Gasteiger partial charge in [0.05, 0.1) is 5.52 Å². The second-order valence-corrected chi connectivity index (χ2v) is 6.89. The van der Waals surface area contributed by atoms with Crippen LogP contribution in [0.5, 0.6) is 0 Å². The summed E-state index contributed by atoms with van der Waals surface area (Å²) in [5.74, 6) is 0.809. The van der Waals surface area contributed by atoms with Gasteiger partial charge in [0.15, 0.2) is 0 Å². The molecule has 0 bridgehead atoms. The van der Waals surface area contributed by atoms with Crippen LogP contribution in [0.2, 0.25) is 0 Å². The first-order valence-electron chi connectivity index (χ1n) is 9.25. The number of aromatic nitrogens is 2. The van der Waals surface area contributed by atoms with Gasteiger partial charge >= 0.3 is 0 Å². The van der Waals surface area contributed by atoms with Gasteiger partial charge in [0.25, 0.3) is 5.56 Å². The van der Waals surface area contributed by atoms with Gasteiger partial charge in [-0.05, 0) is 42.8 Å². The number of fused-ring (bicyclic) bond motifs is 1. The van der Waals surface area contributed by atoms with Crippen molar-refractivity contribution in [3.8, 4) is 0 Å². The maximum absolute atomic E-state index is 12.6. The Hall–Kier alpha value is -2.82. The van der Waals surface area contributed by atoms with Crippen molar-refractivity contribution < 1.29 is 0 Å². The second-order valence-electron chi connectivity index (χ2n) is 6.89. The van der Waals surface area contributed by atoms with E-state index >= 15 is 0 Å². The molecule has 1 saturated heterocycles. The molecule has 0 radical (unpaired) electrons. The molecule has 1 aliphatic rings. The van der Waals surface area contributed by atoms with E-state index in [-0.39, 0.29) is 5.56 Å². The SMILES string of the molecule is Cn1c(=O)c(CNc2cc(N3CCCCC3)ccn2)cc2ccccc21. The lowest BCUT2D eigenvalue weighted by Crippen LogP contribution is -2.29. The van der Waals surface area contributed by atoms with Gasteiger partial charge < -0.3 is 14.8 Å². The number of hydrogen-bond donors (Lipinski definition) is 1. The van der Waals surface area contributed by atoms with Crippen LogP contribution < -0.4 is 15.8 Å². The molecule has 5 nitrogen and oxygen atoms in total. The summed E-state index contributed by atoms with van der Waals surface area (Å²) in [6.07, 6.45) is 5.65. The minimum Gasteiger partial charge on any atom is -0.371 e. The minimum absolute atomic E-state index is 0.0309. The molecule has 3 heterocycles. The maximum Gasteiger partial charge on any atom is 0.255 e. The first-order valence-corrected chi connectivity index (χ1v) is 9.25. The average Bonchev–Trinajstić information content (AvgIpc) is 2.70. The van der Waals surface area contributed by atoms with Crippen molar-refractivity contribution >= 4 is 22.4 Å². The molecule has 0 saturated carbocycles. The van der Waals surface area contributed by atoms with Gasteiger partial charge in [-0.1, -0.05) is 18.2 Å². The molecule has 0 atom stereocenters. The highest BCUT2D eigenvalue weighted by Gasteiger charge is 2.12. The summed E-state index contributed by atoms with van der Waals surface area (Å²) in [6.45, 7) is 2.68. The highest BCUT2D eigenvalue weighted by molar-refractivity contribution is 5.79. The van der Waals surface area contributed by atoms with Crippen molar-refractivity contribution in [3.05, 3.63) is 64.6 Å². The Kier molecular flexibility index (Phi) is 4.61. The zero-order valence-corrected chi connectivity index (χ0v) is 15.1. The van der Waals surface area contributed by atoms with Crippen LogP contribution >= 0.6 is 0 Å². The van der Waals surface area contributed by atoms with Crippen LogP contribution in [-0.4, -0.2) is 22.6 Å². The third kappa shape index (κ3) is 3.29. The maximum atomic E-state index is 12.6. The Morgan fingerprint density at radius 2 is 1.88 bits per heavy atom. The van der Waals surface area contributed by atoms with E-state index in [0.29, 0.717) is 6.54 Å². The Labute approximate surface area is 153 Å². The number of nitrogens with zero attached hydrogens (tertiary/aromatic N) is 3. The predicted molar refractivity (Wildman–Crippen MR) is 107 cm³/mol. The molecule has 1 N–H and O–H groups in total. The standard InChI is InChI=1S/C21H24N4O/c1-24-19-8-4-3-7-16(19)13-17(21(24)26)15-23-20-14-18(9-10-22-20)25-11-5-2-6-12-25/h3-4,7-10,13-14H,2,5-6,11-12,15H2,1H3,(H,22,23). The zero-order valence-electron chi connectivity index (χ0n) is 15.1. The lowest BCUT2D eigenvalue weighted by Gasteiger charge is -2.28. The Balaban J connectivity index is 1.55. The second kappa shape index (κ2) is 7.20. The molecule has 5 heteroatoms. The molecule has 4 rings (SSSR count). The summed E-state index contributed by atoms with van der Waals surface area (Å²) in [5, 5.41) is 4.39. The molecule has 1 fully saturated rings. The van der Waals surface area contributed by atoms with E-state index in [0.717, 1.165) is 35.4 Å². The van der Waals surface area contributed by atoms with E-state index in [1.165, 1.54) is 24.9 Å². The normalized spacial score (nSPS) is 14.6. The predicted octanol–water partition coefficient (Wildman–Crippen LogP) is 3.54. The van der Waals surface area contributed by atoms with E-state index in [1.54, 1.807) is 4.57 Å². The van der Waals surface area contributed by atoms with E-state index < -0.39 is 0 Å². The molecule has 134 valence electrons. The number of para-hydroxylation sites is 1. The lowest BCUT2D eigenvalue weighted by molar-refractivity contribution is 0.578. The largest absolute Gasteiger partial charge is 0.371 e. The smallest absolute Gasteiger partial charge is 0.255 e. The molecule has 0 amide bonds. The molecule has 2 aromatic heterocycles. The molecule has 1 aromatic carbocycles. The van der Waals surface area contributed by atoms with Crippen molar-refractivity contribution in [1.29, 1.82) is 0 Å². The van der Waals surface area contributed by atoms with Crippen LogP contribution in [0.4, 0.5) is 11.5 Å². The van der Waals surface area contributed by atoms with Crippen molar-refractivity contribution in [2.45, 2.75) is 25.8 Å². The molecule has 26 heavy (non-hydrogen) atoms. The summed E-state index contributed by atoms with van der Waals surface area (Å²) < 4.78 is 1.71. The Morgan fingerprint density at radius 3 is 2.73 bits per heavy atom. The van der Waals surface area contributed by atoms with Crippen molar-refractivity contribution in [1.82, 2.24) is 9.55 Å². The summed E-state index contributed by atoms with van der Waals surface area (Å²) in [4.78, 5) is 19.4. The van der Waals surface area contributed by atoms with E-state index in [1.807, 2.05) is 43.6 Å². The van der Waals surface area contributed by atoms with Gasteiger partial charge in [0.2, 0.25) is 0 Å². The third-order valence-corrected chi connectivity index (χ3v) is 5.13. The first kappa shape index (κ1) is 16.6. The fourth-order valence-corrected chi connectivity index (χ4v) is 3.67. The van der Waals surface area contributed by atoms with E-state index in [2.05, 4.69) is 27.3 Å². The Bertz CT molecular complexity index is 973. The van der Waals surface area contributed by atoms with Gasteiger partial charge in [-0.3, -0.25) is 4.79 Å². The van der Waals surface area contributed by atoms with Crippen LogP contribution in [0.25, 0.3) is 10.9 Å². The zero-order chi connectivity index (χ0) is 17.9. The number of benzene rings is 1. The minimum atomic E-state index is 0.0309. The number of anilines is 2. The first-order chi connectivity index (χ1) is 12.7. The van der Waals surface area contributed by atoms with Crippen LogP contribution in [0.3, 0.4) is 0 Å². The average molecular weight is 348 g/mol. The molecular formula is C21H24N4O. The van der Waals surface area contributed by atoms with Crippen molar-refractivity contribution in [2.75, 3.05) is 23.3 Å². The number of pyridine rings is 2. The highest BCUT2D eigenvalue weighted by atomic mass is 16.1. The Morgan fingerprint density at radius 1 is 1.08 bits per heavy atom. The van der Waals surface area contributed by atoms with Crippen LogP contribution in [0.15, 0.2) is 53.5 Å². The molecule has 3 aromatic rings. The topological polar surface area (TPSA) is 50.2 Å². The highest BCUT2D eigenvalue weighted by Crippen LogP contribution is 2.22. The number of hydrogen-bond acceptors (Lipinski definition) is 4. The van der Waals surface area contributed by atoms with Gasteiger partial charge in [0, 0.05) is 50.2 Å². The van der Waals surface area contributed by atoms with Crippen molar-refractivity contribution in [3.63, 3.8) is 0 Å². The number of aryl methyl sites for hydroxylation is 1. The van der Waals surface area contributed by atoms with Crippen LogP contribution in [-0.2, 0) is 13.6 Å². The number of rotatable bonds is 4. The third-order valence-electron chi connectivity index (χ3n) is 5.13. The van der Waals surface area contributed by atoms with Crippen LogP contribution in [0.1, 0.15) is 24.8 Å². The molecular weight excluding hydrogens is 324 g/mol. The van der Waals surface area contributed by atoms with Gasteiger partial charge in [-0.15, -0.1) is 0 Å². The number of piperidine rings is 1. The van der Waals surface area contributed by atoms with E-state index in [9.17, 15) is 4.79 Å². The molecule has 0 aliphatic carbocycles. The molecule has 0 spiro atoms. The van der Waals surface area contributed by atoms with E-state index in [4.69, 9.17) is 0 Å². The summed E-state index contributed by atoms with van der Waals surface area (Å²) >= 11 is 0. The number of nitrogens with one attached hydrogen (secondary N) is 1. The van der Waals surface area contributed by atoms with Crippen molar-refractivity contribution in [2.24, 2.45) is 7.05 Å². The van der Waals surface area contributed by atoms with Gasteiger partial charge in [-0.2, -0.15) is 0 Å². The van der Waals surface area contributed by atoms with Gasteiger partial charge in [0.1, 0.15) is 5.82 Å². The quantitative estimate of drug-likeness (QED) is 0.783. The summed E-state index contributed by atoms with van der Waals surface area (Å²) in [7, 11) is 1.82. The lowest BCUT2D eigenvalue weighted by atomic mass is 10.1.